The van der Waals surface area contributed by atoms with E-state index in [0.717, 1.165) is 5.75 Å². The van der Waals surface area contributed by atoms with Crippen molar-refractivity contribution in [3.8, 4) is 0 Å². The molecule has 1 rings (SSSR count). The Morgan fingerprint density at radius 2 is 1.50 bits per heavy atom. The molecule has 1 aliphatic rings. The van der Waals surface area contributed by atoms with Crippen molar-refractivity contribution < 1.29 is 63.4 Å². The van der Waals surface area contributed by atoms with Crippen LogP contribution in [0.1, 0.15) is 0 Å². The number of allylic oxidation sites excluding steroid dienone is 2. The average Bonchev–Trinajstić information content (AvgIpc) is 2.19. The zero-order valence-electron chi connectivity index (χ0n) is 6.34. The van der Waals surface area contributed by atoms with Crippen LogP contribution in [-0.2, 0) is 26.2 Å². The van der Waals surface area contributed by atoms with Crippen LogP contribution in [0.3, 0.4) is 0 Å². The Bertz CT molecular complexity index is 116. The molecule has 68 valence electrons. The van der Waals surface area contributed by atoms with E-state index < -0.39 is 0 Å². The molecule has 0 atom stereocenters. The monoisotopic (exact) mass is 320 g/mol. The van der Waals surface area contributed by atoms with Crippen LogP contribution in [0.15, 0.2) is 24.3 Å². The number of hydrogen-bond acceptors (Lipinski definition) is 1. The van der Waals surface area contributed by atoms with Crippen molar-refractivity contribution in [2.45, 2.75) is 5.25 Å². The molecule has 0 radical (unpaired) electrons. The second-order valence-corrected chi connectivity index (χ2v) is 2.89. The molecule has 0 unspecified atom stereocenters. The molecular formula is C7H9Cl3SZr. The van der Waals surface area contributed by atoms with Gasteiger partial charge in [-0.3, -0.25) is 0 Å². The summed E-state index contributed by atoms with van der Waals surface area (Å²) in [6.45, 7) is 3.74. The van der Waals surface area contributed by atoms with Crippen LogP contribution in [-0.4, -0.2) is 11.0 Å². The van der Waals surface area contributed by atoms with Crippen LogP contribution in [0.25, 0.3) is 0 Å². The first kappa shape index (κ1) is 23.4. The molecule has 1 aliphatic carbocycles. The van der Waals surface area contributed by atoms with E-state index in [1.165, 1.54) is 0 Å². The second kappa shape index (κ2) is 15.1. The maximum absolute atomic E-state index is 3.74. The largest absolute Gasteiger partial charge is 4.00 e. The topological polar surface area (TPSA) is 0 Å². The summed E-state index contributed by atoms with van der Waals surface area (Å²) in [5.41, 5.74) is 0. The van der Waals surface area contributed by atoms with Crippen molar-refractivity contribution >= 4 is 11.8 Å². The van der Waals surface area contributed by atoms with Gasteiger partial charge in [0.25, 0.3) is 0 Å². The van der Waals surface area contributed by atoms with E-state index in [-0.39, 0.29) is 63.4 Å². The van der Waals surface area contributed by atoms with E-state index in [2.05, 4.69) is 31.2 Å². The third-order valence-electron chi connectivity index (χ3n) is 1.02. The molecule has 0 nitrogen and oxygen atoms in total. The van der Waals surface area contributed by atoms with Gasteiger partial charge in [-0.05, 0) is 0 Å². The van der Waals surface area contributed by atoms with E-state index in [1.54, 1.807) is 0 Å². The molecule has 12 heavy (non-hydrogen) atoms. The smallest absolute Gasteiger partial charge is 1.00 e. The molecule has 0 amide bonds. The SMILES string of the molecule is [CH2-]CSC1C=CC=C1.[Cl-].[Cl-].[Cl-].[Zr+4]. The van der Waals surface area contributed by atoms with Gasteiger partial charge in [-0.25, -0.2) is 0 Å². The summed E-state index contributed by atoms with van der Waals surface area (Å²) in [6, 6.07) is 0. The van der Waals surface area contributed by atoms with E-state index in [9.17, 15) is 0 Å². The predicted molar refractivity (Wildman–Crippen MR) is 39.9 cm³/mol. The first-order valence-electron chi connectivity index (χ1n) is 2.69. The molecular weight excluding hydrogens is 314 g/mol. The molecule has 0 fully saturated rings. The van der Waals surface area contributed by atoms with Crippen molar-refractivity contribution in [3.05, 3.63) is 31.2 Å². The van der Waals surface area contributed by atoms with E-state index in [1.807, 2.05) is 11.8 Å². The van der Waals surface area contributed by atoms with E-state index in [0.29, 0.717) is 5.25 Å². The second-order valence-electron chi connectivity index (χ2n) is 1.61. The third-order valence-corrected chi connectivity index (χ3v) is 1.96. The molecule has 0 aliphatic heterocycles. The molecule has 0 spiro atoms. The molecule has 5 heteroatoms. The van der Waals surface area contributed by atoms with Gasteiger partial charge in [-0.15, -0.1) is 5.75 Å². The van der Waals surface area contributed by atoms with Gasteiger partial charge < -0.3 is 44.1 Å². The summed E-state index contributed by atoms with van der Waals surface area (Å²) in [4.78, 5) is 0. The van der Waals surface area contributed by atoms with Crippen LogP contribution >= 0.6 is 11.8 Å². The zero-order valence-corrected chi connectivity index (χ0v) is 11.9. The molecule has 0 aromatic rings. The molecule has 0 aromatic heterocycles. The van der Waals surface area contributed by atoms with Crippen LogP contribution in [0.5, 0.6) is 0 Å². The zero-order chi connectivity index (χ0) is 5.82. The number of rotatable bonds is 2. The minimum atomic E-state index is 0. The third kappa shape index (κ3) is 9.67. The first-order chi connectivity index (χ1) is 3.93. The summed E-state index contributed by atoms with van der Waals surface area (Å²) < 4.78 is 0. The summed E-state index contributed by atoms with van der Waals surface area (Å²) >= 11 is 1.85. The Labute approximate surface area is 116 Å². The predicted octanol–water partition coefficient (Wildman–Crippen LogP) is -6.94. The van der Waals surface area contributed by atoms with Gasteiger partial charge in [-0.2, -0.15) is 11.8 Å². The van der Waals surface area contributed by atoms with Crippen LogP contribution in [0.2, 0.25) is 0 Å². The summed E-state index contributed by atoms with van der Waals surface area (Å²) in [5, 5.41) is 0.604. The Hall–Kier alpha value is 1.58. The van der Waals surface area contributed by atoms with Crippen LogP contribution in [0, 0.1) is 6.92 Å². The van der Waals surface area contributed by atoms with Gasteiger partial charge in [0, 0.05) is 5.25 Å². The standard InChI is InChI=1S/C7H9S.3ClH.Zr/c1-2-8-7-5-3-4-6-7;;;;/h3-7H,1-2H2;3*1H;/q-1;;;;+4/p-3. The van der Waals surface area contributed by atoms with Gasteiger partial charge in [0.05, 0.1) is 0 Å². The number of hydrogen-bond donors (Lipinski definition) is 0. The van der Waals surface area contributed by atoms with Crippen LogP contribution < -0.4 is 37.2 Å². The number of thioether (sulfide) groups is 1. The Morgan fingerprint density at radius 1 is 1.08 bits per heavy atom. The van der Waals surface area contributed by atoms with Gasteiger partial charge in [0.2, 0.25) is 0 Å². The molecule has 0 N–H and O–H groups in total. The van der Waals surface area contributed by atoms with Crippen molar-refractivity contribution in [2.75, 3.05) is 5.75 Å². The fraction of sp³-hybridized carbons (Fsp3) is 0.286. The van der Waals surface area contributed by atoms with E-state index >= 15 is 0 Å². The molecule has 0 saturated heterocycles. The maximum Gasteiger partial charge on any atom is 4.00 e. The minimum Gasteiger partial charge on any atom is -1.00 e. The quantitative estimate of drug-likeness (QED) is 0.456. The van der Waals surface area contributed by atoms with Crippen molar-refractivity contribution in [3.63, 3.8) is 0 Å². The first-order valence-corrected chi connectivity index (χ1v) is 3.74. The molecule has 0 aromatic carbocycles. The Kier molecular flexibility index (Phi) is 29.4. The summed E-state index contributed by atoms with van der Waals surface area (Å²) in [7, 11) is 0. The van der Waals surface area contributed by atoms with Gasteiger partial charge in [0.1, 0.15) is 0 Å². The average molecular weight is 323 g/mol. The van der Waals surface area contributed by atoms with E-state index in [4.69, 9.17) is 0 Å². The normalized spacial score (nSPS) is 12.1. The summed E-state index contributed by atoms with van der Waals surface area (Å²) in [5.74, 6) is 0.958. The fourth-order valence-electron chi connectivity index (χ4n) is 0.659. The minimum absolute atomic E-state index is 0. The van der Waals surface area contributed by atoms with Gasteiger partial charge in [-0.1, -0.05) is 24.3 Å². The maximum atomic E-state index is 3.74. The number of halogens is 3. The fourth-order valence-corrected chi connectivity index (χ4v) is 1.33. The van der Waals surface area contributed by atoms with Crippen molar-refractivity contribution in [2.24, 2.45) is 0 Å². The molecule has 0 bridgehead atoms. The van der Waals surface area contributed by atoms with Crippen molar-refractivity contribution in [1.29, 1.82) is 0 Å². The van der Waals surface area contributed by atoms with Gasteiger partial charge >= 0.3 is 26.2 Å². The Morgan fingerprint density at radius 3 is 1.83 bits per heavy atom. The summed E-state index contributed by atoms with van der Waals surface area (Å²) in [6.07, 6.45) is 8.51. The van der Waals surface area contributed by atoms with Crippen LogP contribution in [0.4, 0.5) is 0 Å². The Balaban J connectivity index is -0.0000000800. The van der Waals surface area contributed by atoms with Gasteiger partial charge in [0.15, 0.2) is 0 Å². The van der Waals surface area contributed by atoms with Crippen molar-refractivity contribution in [1.82, 2.24) is 0 Å². The molecule has 0 heterocycles. The molecule has 0 saturated carbocycles.